The molecule has 0 saturated carbocycles. The van der Waals surface area contributed by atoms with Crippen LogP contribution in [0.3, 0.4) is 0 Å². The average molecular weight is 339 g/mol. The lowest BCUT2D eigenvalue weighted by Crippen LogP contribution is -1.99. The van der Waals surface area contributed by atoms with E-state index < -0.39 is 0 Å². The van der Waals surface area contributed by atoms with Crippen LogP contribution in [0.5, 0.6) is 5.75 Å². The number of rotatable bonds is 10. The summed E-state index contributed by atoms with van der Waals surface area (Å²) in [5, 5.41) is 0. The molecule has 2 heteroatoms. The Morgan fingerprint density at radius 3 is 2.45 bits per heavy atom. The largest absolute Gasteiger partial charge is 0.493 e. The van der Waals surface area contributed by atoms with E-state index in [-0.39, 0.29) is 0 Å². The number of unbranched alkanes of at least 4 members (excludes halogenated alkanes) is 6. The van der Waals surface area contributed by atoms with E-state index in [1.165, 1.54) is 38.5 Å². The van der Waals surface area contributed by atoms with E-state index in [9.17, 15) is 0 Å². The van der Waals surface area contributed by atoms with Crippen LogP contribution in [0.4, 0.5) is 0 Å². The summed E-state index contributed by atoms with van der Waals surface area (Å²) in [5.74, 6) is 0.984. The smallest absolute Gasteiger partial charge is 0.126 e. The Bertz CT molecular complexity index is 398. The van der Waals surface area contributed by atoms with Gasteiger partial charge in [-0.25, -0.2) is 0 Å². The maximum Gasteiger partial charge on any atom is 0.126 e. The van der Waals surface area contributed by atoms with Crippen LogP contribution >= 0.6 is 15.9 Å². The molecule has 0 aliphatic rings. The highest BCUT2D eigenvalue weighted by Gasteiger charge is 2.01. The van der Waals surface area contributed by atoms with Gasteiger partial charge in [0, 0.05) is 10.0 Å². The van der Waals surface area contributed by atoms with E-state index >= 15 is 0 Å². The van der Waals surface area contributed by atoms with Crippen LogP contribution in [-0.4, -0.2) is 6.61 Å². The van der Waals surface area contributed by atoms with Crippen LogP contribution in [0.2, 0.25) is 0 Å². The van der Waals surface area contributed by atoms with Gasteiger partial charge in [-0.05, 0) is 31.5 Å². The molecule has 1 aromatic carbocycles. The maximum atomic E-state index is 5.90. The first-order valence-electron chi connectivity index (χ1n) is 7.83. The molecule has 0 bridgehead atoms. The quantitative estimate of drug-likeness (QED) is 0.436. The van der Waals surface area contributed by atoms with Crippen LogP contribution < -0.4 is 4.74 Å². The average Bonchev–Trinajstić information content (AvgIpc) is 2.44. The SMILES string of the molecule is CC=Cc1cc(Br)ccc1OCCCCCCCCC. The van der Waals surface area contributed by atoms with Gasteiger partial charge in [-0.1, -0.05) is 73.5 Å². The Morgan fingerprint density at radius 1 is 1.05 bits per heavy atom. The molecule has 0 atom stereocenters. The van der Waals surface area contributed by atoms with E-state index in [0.29, 0.717) is 0 Å². The summed E-state index contributed by atoms with van der Waals surface area (Å²) < 4.78 is 6.99. The molecule has 0 saturated heterocycles. The standard InChI is InChI=1S/C18H27BrO/c1-3-5-6-7-8-9-10-14-20-18-13-12-17(19)15-16(18)11-4-2/h4,11-13,15H,3,5-10,14H2,1-2H3. The molecule has 0 N–H and O–H groups in total. The Labute approximate surface area is 132 Å². The van der Waals surface area contributed by atoms with Crippen molar-refractivity contribution < 1.29 is 4.74 Å². The van der Waals surface area contributed by atoms with Crippen molar-refractivity contribution in [2.45, 2.75) is 58.8 Å². The van der Waals surface area contributed by atoms with Crippen molar-refractivity contribution in [3.8, 4) is 5.75 Å². The molecule has 0 spiro atoms. The molecular weight excluding hydrogens is 312 g/mol. The van der Waals surface area contributed by atoms with E-state index in [4.69, 9.17) is 4.74 Å². The second kappa shape index (κ2) is 11.0. The molecule has 1 rings (SSSR count). The van der Waals surface area contributed by atoms with Gasteiger partial charge >= 0.3 is 0 Å². The molecule has 0 fully saturated rings. The third kappa shape index (κ3) is 7.14. The highest BCUT2D eigenvalue weighted by Crippen LogP contribution is 2.24. The van der Waals surface area contributed by atoms with Crippen LogP contribution in [-0.2, 0) is 0 Å². The van der Waals surface area contributed by atoms with Gasteiger partial charge in [0.05, 0.1) is 6.61 Å². The second-order valence-corrected chi connectivity index (χ2v) is 6.07. The first-order chi connectivity index (χ1) is 9.77. The summed E-state index contributed by atoms with van der Waals surface area (Å²) in [7, 11) is 0. The Balaban J connectivity index is 2.25. The highest BCUT2D eigenvalue weighted by atomic mass is 79.9. The summed E-state index contributed by atoms with van der Waals surface area (Å²) in [4.78, 5) is 0. The Hall–Kier alpha value is -0.760. The van der Waals surface area contributed by atoms with Crippen LogP contribution in [0.1, 0.15) is 64.4 Å². The van der Waals surface area contributed by atoms with E-state index in [1.54, 1.807) is 0 Å². The molecule has 0 radical (unpaired) electrons. The molecule has 0 aromatic heterocycles. The molecule has 0 unspecified atom stereocenters. The molecule has 0 aliphatic heterocycles. The zero-order valence-corrected chi connectivity index (χ0v) is 14.4. The van der Waals surface area contributed by atoms with Crippen molar-refractivity contribution in [2.24, 2.45) is 0 Å². The van der Waals surface area contributed by atoms with Gasteiger partial charge in [-0.15, -0.1) is 0 Å². The minimum absolute atomic E-state index is 0.819. The maximum absolute atomic E-state index is 5.90. The van der Waals surface area contributed by atoms with Crippen LogP contribution in [0.25, 0.3) is 6.08 Å². The summed E-state index contributed by atoms with van der Waals surface area (Å²) >= 11 is 3.50. The zero-order valence-electron chi connectivity index (χ0n) is 12.8. The second-order valence-electron chi connectivity index (χ2n) is 5.15. The van der Waals surface area contributed by atoms with E-state index in [1.807, 2.05) is 25.1 Å². The topological polar surface area (TPSA) is 9.23 Å². The van der Waals surface area contributed by atoms with Gasteiger partial charge in [0.1, 0.15) is 5.75 Å². The fourth-order valence-electron chi connectivity index (χ4n) is 2.20. The van der Waals surface area contributed by atoms with Crippen molar-refractivity contribution in [1.29, 1.82) is 0 Å². The number of allylic oxidation sites excluding steroid dienone is 1. The fourth-order valence-corrected chi connectivity index (χ4v) is 2.58. The molecular formula is C18H27BrO. The van der Waals surface area contributed by atoms with E-state index in [2.05, 4.69) is 35.0 Å². The molecule has 1 aromatic rings. The van der Waals surface area contributed by atoms with E-state index in [0.717, 1.165) is 28.8 Å². The van der Waals surface area contributed by atoms with Gasteiger partial charge < -0.3 is 4.74 Å². The van der Waals surface area contributed by atoms with Crippen LogP contribution in [0.15, 0.2) is 28.7 Å². The van der Waals surface area contributed by atoms with Crippen molar-refractivity contribution >= 4 is 22.0 Å². The first kappa shape index (κ1) is 17.3. The lowest BCUT2D eigenvalue weighted by molar-refractivity contribution is 0.303. The van der Waals surface area contributed by atoms with Crippen molar-refractivity contribution in [3.63, 3.8) is 0 Å². The third-order valence-corrected chi connectivity index (χ3v) is 3.82. The lowest BCUT2D eigenvalue weighted by Gasteiger charge is -2.09. The third-order valence-electron chi connectivity index (χ3n) is 3.32. The monoisotopic (exact) mass is 338 g/mol. The molecule has 1 nitrogen and oxygen atoms in total. The minimum atomic E-state index is 0.819. The predicted octanol–water partition coefficient (Wildman–Crippen LogP) is 6.61. The predicted molar refractivity (Wildman–Crippen MR) is 92.3 cm³/mol. The molecule has 0 heterocycles. The molecule has 0 amide bonds. The van der Waals surface area contributed by atoms with Crippen molar-refractivity contribution in [3.05, 3.63) is 34.3 Å². The number of ether oxygens (including phenoxy) is 1. The normalized spacial score (nSPS) is 11.2. The van der Waals surface area contributed by atoms with Gasteiger partial charge in [0.2, 0.25) is 0 Å². The van der Waals surface area contributed by atoms with Gasteiger partial charge in [0.25, 0.3) is 0 Å². The number of halogens is 1. The highest BCUT2D eigenvalue weighted by molar-refractivity contribution is 9.10. The summed E-state index contributed by atoms with van der Waals surface area (Å²) in [5.41, 5.74) is 1.14. The Morgan fingerprint density at radius 2 is 1.75 bits per heavy atom. The summed E-state index contributed by atoms with van der Waals surface area (Å²) in [6, 6.07) is 6.17. The fraction of sp³-hybridized carbons (Fsp3) is 0.556. The number of hydrogen-bond donors (Lipinski definition) is 0. The first-order valence-corrected chi connectivity index (χ1v) is 8.62. The Kier molecular flexibility index (Phi) is 9.48. The van der Waals surface area contributed by atoms with Crippen molar-refractivity contribution in [1.82, 2.24) is 0 Å². The summed E-state index contributed by atoms with van der Waals surface area (Å²) in [6.45, 7) is 5.11. The molecule has 112 valence electrons. The van der Waals surface area contributed by atoms with Gasteiger partial charge in [-0.3, -0.25) is 0 Å². The van der Waals surface area contributed by atoms with Gasteiger partial charge in [-0.2, -0.15) is 0 Å². The van der Waals surface area contributed by atoms with Crippen molar-refractivity contribution in [2.75, 3.05) is 6.61 Å². The summed E-state index contributed by atoms with van der Waals surface area (Å²) in [6.07, 6.45) is 13.4. The zero-order chi connectivity index (χ0) is 14.6. The molecule has 20 heavy (non-hydrogen) atoms. The lowest BCUT2D eigenvalue weighted by atomic mass is 10.1. The van der Waals surface area contributed by atoms with Gasteiger partial charge in [0.15, 0.2) is 0 Å². The number of benzene rings is 1. The number of hydrogen-bond acceptors (Lipinski definition) is 1. The minimum Gasteiger partial charge on any atom is -0.493 e. The molecule has 0 aliphatic carbocycles. The van der Waals surface area contributed by atoms with Crippen LogP contribution in [0, 0.1) is 0 Å².